The second-order valence-electron chi connectivity index (χ2n) is 3.94. The molecule has 1 aromatic carbocycles. The topological polar surface area (TPSA) is 24.9 Å². The van der Waals surface area contributed by atoms with Gasteiger partial charge in [-0.05, 0) is 18.2 Å². The van der Waals surface area contributed by atoms with Crippen LogP contribution in [-0.4, -0.2) is 11.5 Å². The molecule has 1 aliphatic rings. The monoisotopic (exact) mass is 328 g/mol. The Labute approximate surface area is 117 Å². The summed E-state index contributed by atoms with van der Waals surface area (Å²) in [4.78, 5) is 6.06. The van der Waals surface area contributed by atoms with Gasteiger partial charge in [-0.3, -0.25) is 0 Å². The highest BCUT2D eigenvalue weighted by atomic mass is 79.9. The molecule has 0 saturated carbocycles. The Morgan fingerprint density at radius 1 is 1.41 bits per heavy atom. The number of nitrogens with one attached hydrogen (secondary N) is 1. The number of hydrogen-bond acceptors (Lipinski definition) is 3. The Kier molecular flexibility index (Phi) is 3.21. The van der Waals surface area contributed by atoms with Gasteiger partial charge in [0, 0.05) is 39.4 Å². The largest absolute Gasteiger partial charge is 0.311 e. The first-order chi connectivity index (χ1) is 8.24. The molecule has 5 heteroatoms. The smallest absolute Gasteiger partial charge is 0.125 e. The maximum absolute atomic E-state index is 6.04. The van der Waals surface area contributed by atoms with Crippen LogP contribution >= 0.6 is 38.9 Å². The molecule has 0 bridgehead atoms. The van der Waals surface area contributed by atoms with Crippen molar-refractivity contribution in [2.24, 2.45) is 0 Å². The molecule has 88 valence electrons. The summed E-state index contributed by atoms with van der Waals surface area (Å²) in [6.45, 7) is 1.96. The molecule has 2 nitrogen and oxygen atoms in total. The summed E-state index contributed by atoms with van der Waals surface area (Å²) >= 11 is 11.3. The van der Waals surface area contributed by atoms with Gasteiger partial charge in [0.25, 0.3) is 0 Å². The molecule has 0 fully saturated rings. The standard InChI is InChI=1S/C12H10BrClN2S/c13-9-2-1-7(14)5-8(9)12-16-10-3-4-15-6-11(10)17-12/h1-2,5,15H,3-4,6H2. The van der Waals surface area contributed by atoms with Crippen LogP contribution in [0.4, 0.5) is 0 Å². The van der Waals surface area contributed by atoms with Gasteiger partial charge < -0.3 is 5.32 Å². The molecular weight excluding hydrogens is 320 g/mol. The Hall–Kier alpha value is -0.420. The number of thiazole rings is 1. The normalized spacial score (nSPS) is 14.7. The van der Waals surface area contributed by atoms with Gasteiger partial charge in [-0.15, -0.1) is 11.3 Å². The summed E-state index contributed by atoms with van der Waals surface area (Å²) in [6, 6.07) is 5.81. The first-order valence-electron chi connectivity index (χ1n) is 5.39. The molecule has 0 aliphatic carbocycles. The van der Waals surface area contributed by atoms with E-state index in [-0.39, 0.29) is 0 Å². The van der Waals surface area contributed by atoms with E-state index in [4.69, 9.17) is 16.6 Å². The van der Waals surface area contributed by atoms with E-state index in [2.05, 4.69) is 21.2 Å². The van der Waals surface area contributed by atoms with Crippen LogP contribution in [0.15, 0.2) is 22.7 Å². The molecule has 2 heterocycles. The van der Waals surface area contributed by atoms with Gasteiger partial charge in [0.2, 0.25) is 0 Å². The molecule has 0 unspecified atom stereocenters. The third-order valence-electron chi connectivity index (χ3n) is 2.76. The molecule has 1 aliphatic heterocycles. The van der Waals surface area contributed by atoms with Crippen molar-refractivity contribution in [3.05, 3.63) is 38.3 Å². The van der Waals surface area contributed by atoms with Crippen molar-refractivity contribution in [1.82, 2.24) is 10.3 Å². The molecule has 1 aromatic heterocycles. The first kappa shape index (κ1) is 11.7. The number of nitrogens with zero attached hydrogens (tertiary/aromatic N) is 1. The van der Waals surface area contributed by atoms with Crippen molar-refractivity contribution in [2.75, 3.05) is 6.54 Å². The quantitative estimate of drug-likeness (QED) is 0.859. The second kappa shape index (κ2) is 4.69. The lowest BCUT2D eigenvalue weighted by Gasteiger charge is -2.09. The number of halogens is 2. The van der Waals surface area contributed by atoms with Crippen molar-refractivity contribution in [3.63, 3.8) is 0 Å². The summed E-state index contributed by atoms with van der Waals surface area (Å²) in [7, 11) is 0. The highest BCUT2D eigenvalue weighted by molar-refractivity contribution is 9.10. The Morgan fingerprint density at radius 3 is 3.12 bits per heavy atom. The van der Waals surface area contributed by atoms with Gasteiger partial charge in [-0.1, -0.05) is 27.5 Å². The highest BCUT2D eigenvalue weighted by Crippen LogP contribution is 2.35. The first-order valence-corrected chi connectivity index (χ1v) is 7.37. The van der Waals surface area contributed by atoms with E-state index in [9.17, 15) is 0 Å². The third kappa shape index (κ3) is 2.27. The van der Waals surface area contributed by atoms with E-state index in [1.807, 2.05) is 18.2 Å². The van der Waals surface area contributed by atoms with E-state index in [1.165, 1.54) is 10.6 Å². The predicted octanol–water partition coefficient (Wildman–Crippen LogP) is 3.87. The lowest BCUT2D eigenvalue weighted by atomic mass is 10.2. The molecular formula is C12H10BrClN2S. The summed E-state index contributed by atoms with van der Waals surface area (Å²) in [6.07, 6.45) is 1.02. The van der Waals surface area contributed by atoms with Crippen LogP contribution < -0.4 is 5.32 Å². The molecule has 0 amide bonds. The summed E-state index contributed by atoms with van der Waals surface area (Å²) < 4.78 is 1.04. The Morgan fingerprint density at radius 2 is 2.29 bits per heavy atom. The predicted molar refractivity (Wildman–Crippen MR) is 75.7 cm³/mol. The van der Waals surface area contributed by atoms with E-state index < -0.39 is 0 Å². The van der Waals surface area contributed by atoms with Gasteiger partial charge in [-0.25, -0.2) is 4.98 Å². The molecule has 0 saturated heterocycles. The van der Waals surface area contributed by atoms with Crippen molar-refractivity contribution >= 4 is 38.9 Å². The lowest BCUT2D eigenvalue weighted by Crippen LogP contribution is -2.22. The Bertz CT molecular complexity index is 544. The van der Waals surface area contributed by atoms with E-state index >= 15 is 0 Å². The fraction of sp³-hybridized carbons (Fsp3) is 0.250. The Balaban J connectivity index is 2.08. The third-order valence-corrected chi connectivity index (χ3v) is 4.82. The average Bonchev–Trinajstić information content (AvgIpc) is 2.75. The van der Waals surface area contributed by atoms with Crippen LogP contribution in [0.25, 0.3) is 10.6 Å². The molecule has 2 aromatic rings. The maximum Gasteiger partial charge on any atom is 0.125 e. The fourth-order valence-electron chi connectivity index (χ4n) is 1.90. The van der Waals surface area contributed by atoms with Crippen LogP contribution in [0, 0.1) is 0 Å². The van der Waals surface area contributed by atoms with Gasteiger partial charge in [0.05, 0.1) is 5.69 Å². The van der Waals surface area contributed by atoms with Gasteiger partial charge in [0.1, 0.15) is 5.01 Å². The van der Waals surface area contributed by atoms with Gasteiger partial charge in [-0.2, -0.15) is 0 Å². The van der Waals surface area contributed by atoms with Gasteiger partial charge >= 0.3 is 0 Å². The number of rotatable bonds is 1. The van der Waals surface area contributed by atoms with Crippen LogP contribution in [0.2, 0.25) is 5.02 Å². The number of hydrogen-bond donors (Lipinski definition) is 1. The second-order valence-corrected chi connectivity index (χ2v) is 6.31. The molecule has 0 radical (unpaired) electrons. The number of fused-ring (bicyclic) bond motifs is 1. The van der Waals surface area contributed by atoms with E-state index in [0.29, 0.717) is 0 Å². The van der Waals surface area contributed by atoms with Crippen LogP contribution in [-0.2, 0) is 13.0 Å². The van der Waals surface area contributed by atoms with E-state index in [0.717, 1.165) is 39.6 Å². The maximum atomic E-state index is 6.04. The van der Waals surface area contributed by atoms with Crippen LogP contribution in [0.5, 0.6) is 0 Å². The molecule has 17 heavy (non-hydrogen) atoms. The number of aromatic nitrogens is 1. The SMILES string of the molecule is Clc1ccc(Br)c(-c2nc3c(s2)CNCC3)c1. The van der Waals surface area contributed by atoms with E-state index in [1.54, 1.807) is 11.3 Å². The van der Waals surface area contributed by atoms with Crippen molar-refractivity contribution in [1.29, 1.82) is 0 Å². The number of benzene rings is 1. The average molecular weight is 330 g/mol. The molecule has 3 rings (SSSR count). The van der Waals surface area contributed by atoms with Crippen LogP contribution in [0.3, 0.4) is 0 Å². The molecule has 1 N–H and O–H groups in total. The zero-order valence-corrected chi connectivity index (χ0v) is 12.1. The minimum atomic E-state index is 0.745. The van der Waals surface area contributed by atoms with Crippen molar-refractivity contribution in [3.8, 4) is 10.6 Å². The zero-order valence-electron chi connectivity index (χ0n) is 8.96. The zero-order chi connectivity index (χ0) is 11.8. The molecule has 0 atom stereocenters. The minimum absolute atomic E-state index is 0.745. The summed E-state index contributed by atoms with van der Waals surface area (Å²) in [5.41, 5.74) is 2.31. The van der Waals surface area contributed by atoms with Crippen LogP contribution in [0.1, 0.15) is 10.6 Å². The van der Waals surface area contributed by atoms with Crippen molar-refractivity contribution in [2.45, 2.75) is 13.0 Å². The minimum Gasteiger partial charge on any atom is -0.311 e. The molecule has 0 spiro atoms. The lowest BCUT2D eigenvalue weighted by molar-refractivity contribution is 0.644. The summed E-state index contributed by atoms with van der Waals surface area (Å²) in [5, 5.41) is 5.16. The summed E-state index contributed by atoms with van der Waals surface area (Å²) in [5.74, 6) is 0. The highest BCUT2D eigenvalue weighted by Gasteiger charge is 2.16. The van der Waals surface area contributed by atoms with Crippen molar-refractivity contribution < 1.29 is 0 Å². The van der Waals surface area contributed by atoms with Gasteiger partial charge in [0.15, 0.2) is 0 Å². The fourth-order valence-corrected chi connectivity index (χ4v) is 3.75.